The Morgan fingerprint density at radius 3 is 2.73 bits per heavy atom. The van der Waals surface area contributed by atoms with Crippen LogP contribution in [0.1, 0.15) is 65.6 Å². The van der Waals surface area contributed by atoms with Crippen molar-refractivity contribution in [3.05, 3.63) is 64.4 Å². The van der Waals surface area contributed by atoms with Crippen molar-refractivity contribution >= 4 is 28.2 Å². The lowest BCUT2D eigenvalue weighted by molar-refractivity contribution is 0.0821. The molecule has 6 heterocycles. The molecule has 0 aliphatic carbocycles. The van der Waals surface area contributed by atoms with Gasteiger partial charge in [-0.2, -0.15) is 15.1 Å². The van der Waals surface area contributed by atoms with Crippen molar-refractivity contribution in [3.63, 3.8) is 0 Å². The highest BCUT2D eigenvalue weighted by molar-refractivity contribution is 5.98. The molecule has 51 heavy (non-hydrogen) atoms. The van der Waals surface area contributed by atoms with Gasteiger partial charge in [0.05, 0.1) is 37.1 Å². The summed E-state index contributed by atoms with van der Waals surface area (Å²) in [6.45, 7) is 6.75. The Morgan fingerprint density at radius 2 is 1.92 bits per heavy atom. The number of rotatable bonds is 8. The summed E-state index contributed by atoms with van der Waals surface area (Å²) in [6, 6.07) is 9.47. The molecule has 0 radical (unpaired) electrons. The molecule has 2 aromatic heterocycles. The van der Waals surface area contributed by atoms with Gasteiger partial charge >= 0.3 is 6.01 Å². The minimum atomic E-state index is -0.857. The van der Waals surface area contributed by atoms with E-state index in [1.807, 2.05) is 35.9 Å². The van der Waals surface area contributed by atoms with Crippen molar-refractivity contribution in [2.24, 2.45) is 0 Å². The standard InChI is InChI=1S/C38H46F2N8O3/c1-5-28-30(40)9-8-24-16-27(50-4)18-33(34(24)28)45-15-10-29-32(22-45)41-37(51-23-38-11-6-13-47(38)20-25(39)19-38)42-35(29)46-12-7-14-48-26(21-46)17-31(43-48)36(49)44(2)3/h8-9,16-18,25H,5-7,10-15,19-23H2,1-4H3/t25-,38+/m1/s1. The molecule has 0 saturated carbocycles. The van der Waals surface area contributed by atoms with E-state index >= 15 is 4.39 Å². The number of aromatic nitrogens is 4. The van der Waals surface area contributed by atoms with Gasteiger partial charge in [-0.15, -0.1) is 0 Å². The second kappa shape index (κ2) is 13.2. The number of hydrogen-bond donors (Lipinski definition) is 0. The Kier molecular flexibility index (Phi) is 8.72. The maximum absolute atomic E-state index is 15.2. The molecule has 270 valence electrons. The first-order chi connectivity index (χ1) is 24.7. The number of amides is 1. The SMILES string of the molecule is CCc1c(F)ccc2cc(OC)cc(N3CCc4c(nc(OC[C@@]56CCCN5C[C@H](F)C6)nc4N4CCCn5nc(C(=O)N(C)C)cc5C4)C3)c12. The number of benzene rings is 2. The summed E-state index contributed by atoms with van der Waals surface area (Å²) >= 11 is 0. The van der Waals surface area contributed by atoms with Gasteiger partial charge in [0.1, 0.15) is 30.2 Å². The summed E-state index contributed by atoms with van der Waals surface area (Å²) in [6.07, 6.45) is 3.57. The highest BCUT2D eigenvalue weighted by atomic mass is 19.1. The number of halogens is 2. The third-order valence-corrected chi connectivity index (χ3v) is 11.2. The average Bonchev–Trinajstić information content (AvgIpc) is 3.76. The molecule has 0 unspecified atom stereocenters. The molecule has 4 aliphatic heterocycles. The third-order valence-electron chi connectivity index (χ3n) is 11.2. The van der Waals surface area contributed by atoms with Crippen LogP contribution >= 0.6 is 0 Å². The summed E-state index contributed by atoms with van der Waals surface area (Å²) in [4.78, 5) is 31.2. The second-order valence-corrected chi connectivity index (χ2v) is 14.6. The largest absolute Gasteiger partial charge is 0.497 e. The summed E-state index contributed by atoms with van der Waals surface area (Å²) in [5.74, 6) is 1.18. The van der Waals surface area contributed by atoms with Gasteiger partial charge in [0.2, 0.25) is 0 Å². The molecule has 2 fully saturated rings. The summed E-state index contributed by atoms with van der Waals surface area (Å²) < 4.78 is 44.0. The van der Waals surface area contributed by atoms with Gasteiger partial charge < -0.3 is 24.2 Å². The monoisotopic (exact) mass is 700 g/mol. The molecule has 2 aromatic carbocycles. The average molecular weight is 701 g/mol. The molecule has 13 heteroatoms. The molecule has 1 amide bonds. The number of alkyl halides is 1. The predicted molar refractivity (Wildman–Crippen MR) is 191 cm³/mol. The van der Waals surface area contributed by atoms with Crippen LogP contribution in [0.15, 0.2) is 30.3 Å². The van der Waals surface area contributed by atoms with Crippen LogP contribution in [0.3, 0.4) is 0 Å². The topological polar surface area (TPSA) is 92.1 Å². The van der Waals surface area contributed by atoms with Crippen molar-refractivity contribution in [3.8, 4) is 11.8 Å². The van der Waals surface area contributed by atoms with Crippen LogP contribution in [0.2, 0.25) is 0 Å². The van der Waals surface area contributed by atoms with E-state index in [1.54, 1.807) is 26.1 Å². The highest BCUT2D eigenvalue weighted by Gasteiger charge is 2.49. The lowest BCUT2D eigenvalue weighted by atomic mass is 9.95. The summed E-state index contributed by atoms with van der Waals surface area (Å²) in [7, 11) is 5.11. The maximum Gasteiger partial charge on any atom is 0.318 e. The van der Waals surface area contributed by atoms with Crippen molar-refractivity contribution in [2.75, 3.05) is 63.8 Å². The van der Waals surface area contributed by atoms with Crippen molar-refractivity contribution in [1.29, 1.82) is 0 Å². The normalized spacial score (nSPS) is 21.7. The number of anilines is 2. The van der Waals surface area contributed by atoms with Gasteiger partial charge in [0, 0.05) is 69.4 Å². The fourth-order valence-corrected chi connectivity index (χ4v) is 8.72. The van der Waals surface area contributed by atoms with Crippen LogP contribution in [0.5, 0.6) is 11.8 Å². The fourth-order valence-electron chi connectivity index (χ4n) is 8.72. The minimum absolute atomic E-state index is 0.128. The molecular weight excluding hydrogens is 654 g/mol. The van der Waals surface area contributed by atoms with Gasteiger partial charge in [-0.25, -0.2) is 8.78 Å². The number of methoxy groups -OCH3 is 1. The number of carbonyl (C=O) groups excluding carboxylic acids is 1. The Morgan fingerprint density at radius 1 is 1.06 bits per heavy atom. The smallest absolute Gasteiger partial charge is 0.318 e. The van der Waals surface area contributed by atoms with Gasteiger partial charge in [0.15, 0.2) is 5.69 Å². The minimum Gasteiger partial charge on any atom is -0.497 e. The van der Waals surface area contributed by atoms with E-state index < -0.39 is 6.17 Å². The van der Waals surface area contributed by atoms with Crippen LogP contribution in [-0.4, -0.2) is 101 Å². The highest BCUT2D eigenvalue weighted by Crippen LogP contribution is 2.42. The molecule has 0 spiro atoms. The molecule has 4 aliphatic rings. The van der Waals surface area contributed by atoms with Crippen molar-refractivity contribution in [2.45, 2.75) is 76.8 Å². The number of fused-ring (bicyclic) bond motifs is 4. The van der Waals surface area contributed by atoms with E-state index in [9.17, 15) is 9.18 Å². The zero-order valence-electron chi connectivity index (χ0n) is 29.9. The maximum atomic E-state index is 15.2. The first kappa shape index (κ1) is 33.6. The van der Waals surface area contributed by atoms with E-state index in [2.05, 4.69) is 19.8 Å². The summed E-state index contributed by atoms with van der Waals surface area (Å²) in [5, 5.41) is 6.46. The first-order valence-electron chi connectivity index (χ1n) is 18.2. The van der Waals surface area contributed by atoms with Gasteiger partial charge in [-0.3, -0.25) is 14.4 Å². The Hall–Kier alpha value is -4.52. The van der Waals surface area contributed by atoms with E-state index in [1.165, 1.54) is 6.07 Å². The molecule has 2 atom stereocenters. The number of aryl methyl sites for hydroxylation is 2. The Bertz CT molecular complexity index is 1980. The van der Waals surface area contributed by atoms with Gasteiger partial charge in [-0.1, -0.05) is 13.0 Å². The van der Waals surface area contributed by atoms with Crippen LogP contribution in [0.25, 0.3) is 10.8 Å². The van der Waals surface area contributed by atoms with Crippen molar-refractivity contribution in [1.82, 2.24) is 29.5 Å². The van der Waals surface area contributed by atoms with Crippen LogP contribution in [-0.2, 0) is 32.5 Å². The molecule has 4 aromatic rings. The molecule has 8 rings (SSSR count). The predicted octanol–water partition coefficient (Wildman–Crippen LogP) is 5.17. The quantitative estimate of drug-likeness (QED) is 0.247. The van der Waals surface area contributed by atoms with E-state index in [-0.39, 0.29) is 23.3 Å². The molecule has 11 nitrogen and oxygen atoms in total. The first-order valence-corrected chi connectivity index (χ1v) is 18.2. The lowest BCUT2D eigenvalue weighted by Crippen LogP contribution is -2.43. The van der Waals surface area contributed by atoms with Gasteiger partial charge in [-0.05, 0) is 67.8 Å². The number of ether oxygens (including phenoxy) is 2. The zero-order chi connectivity index (χ0) is 35.4. The number of carbonyl (C=O) groups is 1. The fraction of sp³-hybridized carbons (Fsp3) is 0.526. The Balaban J connectivity index is 1.18. The molecule has 2 saturated heterocycles. The number of nitrogens with zero attached hydrogens (tertiary/aromatic N) is 8. The van der Waals surface area contributed by atoms with Crippen LogP contribution in [0.4, 0.5) is 20.3 Å². The molecule has 0 N–H and O–H groups in total. The van der Waals surface area contributed by atoms with Crippen LogP contribution in [0, 0.1) is 5.82 Å². The van der Waals surface area contributed by atoms with E-state index in [0.717, 1.165) is 71.6 Å². The second-order valence-electron chi connectivity index (χ2n) is 14.6. The number of hydrogen-bond acceptors (Lipinski definition) is 9. The lowest BCUT2D eigenvalue weighted by Gasteiger charge is -2.35. The van der Waals surface area contributed by atoms with Gasteiger partial charge in [0.25, 0.3) is 5.91 Å². The third kappa shape index (κ3) is 6.02. The van der Waals surface area contributed by atoms with E-state index in [0.29, 0.717) is 75.6 Å². The van der Waals surface area contributed by atoms with Crippen molar-refractivity contribution < 1.29 is 23.0 Å². The molecular formula is C38H46F2N8O3. The Labute approximate surface area is 297 Å². The zero-order valence-corrected chi connectivity index (χ0v) is 29.9. The van der Waals surface area contributed by atoms with E-state index in [4.69, 9.17) is 19.4 Å². The molecule has 0 bridgehead atoms. The van der Waals surface area contributed by atoms with Crippen LogP contribution < -0.4 is 19.3 Å². The summed E-state index contributed by atoms with van der Waals surface area (Å²) in [5.41, 5.74) is 4.53.